The molecule has 0 saturated carbocycles. The molecule has 3 heteroatoms. The van der Waals surface area contributed by atoms with Crippen LogP contribution in [0.5, 0.6) is 0 Å². The Labute approximate surface area is 83.8 Å². The summed E-state index contributed by atoms with van der Waals surface area (Å²) in [5.41, 5.74) is 2.46. The average Bonchev–Trinajstić information content (AvgIpc) is 2.47. The summed E-state index contributed by atoms with van der Waals surface area (Å²) in [6.45, 7) is 6.69. The molecule has 0 bridgehead atoms. The van der Waals surface area contributed by atoms with Gasteiger partial charge in [0, 0.05) is 24.3 Å². The van der Waals surface area contributed by atoms with Crippen molar-refractivity contribution in [1.82, 2.24) is 14.4 Å². The molecule has 0 unspecified atom stereocenters. The van der Waals surface area contributed by atoms with E-state index in [2.05, 4.69) is 35.1 Å². The van der Waals surface area contributed by atoms with Crippen molar-refractivity contribution >= 4 is 5.65 Å². The lowest BCUT2D eigenvalue weighted by molar-refractivity contribution is 0.405. The predicted molar refractivity (Wildman–Crippen MR) is 56.1 cm³/mol. The van der Waals surface area contributed by atoms with Crippen LogP contribution in [0, 0.1) is 5.41 Å². The van der Waals surface area contributed by atoms with E-state index in [-0.39, 0.29) is 0 Å². The highest BCUT2D eigenvalue weighted by Gasteiger charge is 2.14. The maximum Gasteiger partial charge on any atom is 0.155 e. The van der Waals surface area contributed by atoms with Crippen molar-refractivity contribution in [3.05, 3.63) is 30.5 Å². The third-order valence-electron chi connectivity index (χ3n) is 2.11. The molecular formula is C11H15N3. The minimum Gasteiger partial charge on any atom is -0.301 e. The molecule has 0 spiro atoms. The average molecular weight is 189 g/mol. The van der Waals surface area contributed by atoms with E-state index in [1.165, 1.54) is 5.69 Å². The molecule has 0 aliphatic heterocycles. The van der Waals surface area contributed by atoms with Gasteiger partial charge in [0.15, 0.2) is 5.65 Å². The second-order valence-electron chi connectivity index (χ2n) is 4.79. The summed E-state index contributed by atoms with van der Waals surface area (Å²) in [5, 5.41) is 0. The minimum absolute atomic E-state index is 0.291. The number of imidazole rings is 1. The summed E-state index contributed by atoms with van der Waals surface area (Å²) in [5.74, 6) is 0. The molecule has 0 atom stereocenters. The topological polar surface area (TPSA) is 30.2 Å². The van der Waals surface area contributed by atoms with Gasteiger partial charge in [-0.1, -0.05) is 20.8 Å². The molecule has 2 aromatic heterocycles. The first-order chi connectivity index (χ1) is 6.56. The van der Waals surface area contributed by atoms with E-state index in [0.29, 0.717) is 5.41 Å². The molecule has 2 rings (SSSR count). The largest absolute Gasteiger partial charge is 0.301 e. The second-order valence-corrected chi connectivity index (χ2v) is 4.79. The molecule has 2 heterocycles. The van der Waals surface area contributed by atoms with Crippen LogP contribution in [0.4, 0.5) is 0 Å². The fourth-order valence-corrected chi connectivity index (χ4v) is 1.57. The van der Waals surface area contributed by atoms with Crippen LogP contribution in [-0.4, -0.2) is 14.4 Å². The molecule has 0 aliphatic carbocycles. The Morgan fingerprint density at radius 2 is 2.07 bits per heavy atom. The molecule has 14 heavy (non-hydrogen) atoms. The zero-order valence-corrected chi connectivity index (χ0v) is 8.86. The Kier molecular flexibility index (Phi) is 2.02. The Morgan fingerprint density at radius 1 is 1.29 bits per heavy atom. The van der Waals surface area contributed by atoms with Gasteiger partial charge in [-0.3, -0.25) is 4.98 Å². The van der Waals surface area contributed by atoms with Gasteiger partial charge in [-0.25, -0.2) is 4.98 Å². The van der Waals surface area contributed by atoms with Crippen LogP contribution in [0.15, 0.2) is 24.8 Å². The Balaban J connectivity index is 2.44. The van der Waals surface area contributed by atoms with Gasteiger partial charge in [0.25, 0.3) is 0 Å². The van der Waals surface area contributed by atoms with Gasteiger partial charge in [-0.05, 0) is 11.8 Å². The van der Waals surface area contributed by atoms with Crippen molar-refractivity contribution in [2.75, 3.05) is 0 Å². The van der Waals surface area contributed by atoms with Gasteiger partial charge >= 0.3 is 0 Å². The lowest BCUT2D eigenvalue weighted by atomic mass is 9.91. The number of fused-ring (bicyclic) bond motifs is 1. The first kappa shape index (κ1) is 9.19. The van der Waals surface area contributed by atoms with Gasteiger partial charge < -0.3 is 4.40 Å². The lowest BCUT2D eigenvalue weighted by Crippen LogP contribution is -2.10. The summed E-state index contributed by atoms with van der Waals surface area (Å²) >= 11 is 0. The van der Waals surface area contributed by atoms with E-state index in [1.807, 2.05) is 12.4 Å². The quantitative estimate of drug-likeness (QED) is 0.689. The molecule has 0 fully saturated rings. The summed E-state index contributed by atoms with van der Waals surface area (Å²) in [4.78, 5) is 8.34. The van der Waals surface area contributed by atoms with Crippen molar-refractivity contribution in [3.8, 4) is 0 Å². The van der Waals surface area contributed by atoms with Crippen LogP contribution < -0.4 is 0 Å². The highest BCUT2D eigenvalue weighted by Crippen LogP contribution is 2.20. The van der Waals surface area contributed by atoms with Gasteiger partial charge in [-0.2, -0.15) is 0 Å². The van der Waals surface area contributed by atoms with Gasteiger partial charge in [0.2, 0.25) is 0 Å². The second kappa shape index (κ2) is 3.08. The first-order valence-electron chi connectivity index (χ1n) is 4.82. The van der Waals surface area contributed by atoms with Crippen LogP contribution in [-0.2, 0) is 6.42 Å². The van der Waals surface area contributed by atoms with E-state index in [1.54, 1.807) is 12.4 Å². The Morgan fingerprint density at radius 3 is 2.79 bits per heavy atom. The van der Waals surface area contributed by atoms with Crippen LogP contribution in [0.1, 0.15) is 26.5 Å². The minimum atomic E-state index is 0.291. The van der Waals surface area contributed by atoms with Crippen LogP contribution in [0.2, 0.25) is 0 Å². The van der Waals surface area contributed by atoms with Crippen LogP contribution in [0.3, 0.4) is 0 Å². The highest BCUT2D eigenvalue weighted by atomic mass is 15.0. The normalized spacial score (nSPS) is 12.2. The molecule has 74 valence electrons. The molecule has 0 amide bonds. The zero-order chi connectivity index (χ0) is 10.2. The predicted octanol–water partition coefficient (Wildman–Crippen LogP) is 2.32. The SMILES string of the molecule is CC(C)(C)Cc1cnc2cnccn12. The molecule has 0 radical (unpaired) electrons. The third kappa shape index (κ3) is 1.76. The maximum absolute atomic E-state index is 4.30. The highest BCUT2D eigenvalue weighted by molar-refractivity contribution is 5.37. The molecule has 0 N–H and O–H groups in total. The van der Waals surface area contributed by atoms with E-state index in [4.69, 9.17) is 0 Å². The van der Waals surface area contributed by atoms with Crippen LogP contribution >= 0.6 is 0 Å². The van der Waals surface area contributed by atoms with Crippen molar-refractivity contribution < 1.29 is 0 Å². The maximum atomic E-state index is 4.30. The van der Waals surface area contributed by atoms with E-state index < -0.39 is 0 Å². The van der Waals surface area contributed by atoms with Gasteiger partial charge in [-0.15, -0.1) is 0 Å². The number of hydrogen-bond acceptors (Lipinski definition) is 2. The standard InChI is InChI=1S/C11H15N3/c1-11(2,3)6-9-7-13-10-8-12-4-5-14(9)10/h4-5,7-8H,6H2,1-3H3. The van der Waals surface area contributed by atoms with E-state index >= 15 is 0 Å². The van der Waals surface area contributed by atoms with E-state index in [0.717, 1.165) is 12.1 Å². The van der Waals surface area contributed by atoms with Crippen molar-refractivity contribution in [3.63, 3.8) is 0 Å². The molecule has 0 aliphatic rings. The third-order valence-corrected chi connectivity index (χ3v) is 2.11. The number of aromatic nitrogens is 3. The first-order valence-corrected chi connectivity index (χ1v) is 4.82. The van der Waals surface area contributed by atoms with Gasteiger partial charge in [0.1, 0.15) is 0 Å². The smallest absolute Gasteiger partial charge is 0.155 e. The number of rotatable bonds is 1. The zero-order valence-electron chi connectivity index (χ0n) is 8.86. The van der Waals surface area contributed by atoms with Crippen molar-refractivity contribution in [2.24, 2.45) is 5.41 Å². The molecular weight excluding hydrogens is 174 g/mol. The Bertz CT molecular complexity index is 437. The molecule has 0 aromatic carbocycles. The number of nitrogens with zero attached hydrogens (tertiary/aromatic N) is 3. The summed E-state index contributed by atoms with van der Waals surface area (Å²) in [7, 11) is 0. The summed E-state index contributed by atoms with van der Waals surface area (Å²) in [6.07, 6.45) is 8.50. The summed E-state index contributed by atoms with van der Waals surface area (Å²) in [6, 6.07) is 0. The Hall–Kier alpha value is -1.38. The molecule has 2 aromatic rings. The molecule has 0 saturated heterocycles. The van der Waals surface area contributed by atoms with Gasteiger partial charge in [0.05, 0.1) is 6.20 Å². The van der Waals surface area contributed by atoms with Crippen molar-refractivity contribution in [2.45, 2.75) is 27.2 Å². The molecule has 3 nitrogen and oxygen atoms in total. The van der Waals surface area contributed by atoms with Crippen molar-refractivity contribution in [1.29, 1.82) is 0 Å². The monoisotopic (exact) mass is 189 g/mol. The number of hydrogen-bond donors (Lipinski definition) is 0. The fraction of sp³-hybridized carbons (Fsp3) is 0.455. The summed E-state index contributed by atoms with van der Waals surface area (Å²) < 4.78 is 2.10. The fourth-order valence-electron chi connectivity index (χ4n) is 1.57. The lowest BCUT2D eigenvalue weighted by Gasteiger charge is -2.17. The van der Waals surface area contributed by atoms with E-state index in [9.17, 15) is 0 Å². The van der Waals surface area contributed by atoms with Crippen LogP contribution in [0.25, 0.3) is 5.65 Å².